The van der Waals surface area contributed by atoms with E-state index >= 15 is 0 Å². The van der Waals surface area contributed by atoms with E-state index in [1.54, 1.807) is 21.9 Å². The summed E-state index contributed by atoms with van der Waals surface area (Å²) < 4.78 is 0. The summed E-state index contributed by atoms with van der Waals surface area (Å²) in [4.78, 5) is 43.0. The van der Waals surface area contributed by atoms with Crippen LogP contribution in [0.15, 0.2) is 42.5 Å². The van der Waals surface area contributed by atoms with Gasteiger partial charge in [-0.05, 0) is 69.2 Å². The number of Topliss-reactive ketones (excluding diaryl/α,β-unsaturated/α-hetero) is 1. The average Bonchev–Trinajstić information content (AvgIpc) is 3.56. The van der Waals surface area contributed by atoms with Gasteiger partial charge in [0.25, 0.3) is 0 Å². The molecule has 2 aromatic carbocycles. The molecular weight excluding hydrogens is 448 g/mol. The zero-order chi connectivity index (χ0) is 24.5. The van der Waals surface area contributed by atoms with E-state index in [9.17, 15) is 14.4 Å². The standard InChI is InChI=1S/C28H33ClN2O3/c1-19-12-20(2)14-23(13-19)16-26(33)31-11-10-28(31,3)27(34)30(18-25(32)15-21-4-5-21)17-22-6-8-24(29)9-7-22/h6-9,12-14,21H,4-5,10-11,15-18H2,1-3H3. The second kappa shape index (κ2) is 9.91. The lowest BCUT2D eigenvalue weighted by Gasteiger charge is -2.51. The van der Waals surface area contributed by atoms with Crippen molar-refractivity contribution in [3.63, 3.8) is 0 Å². The van der Waals surface area contributed by atoms with E-state index in [4.69, 9.17) is 11.6 Å². The van der Waals surface area contributed by atoms with Crippen molar-refractivity contribution < 1.29 is 14.4 Å². The monoisotopic (exact) mass is 480 g/mol. The number of ketones is 1. The van der Waals surface area contributed by atoms with Gasteiger partial charge >= 0.3 is 0 Å². The third-order valence-corrected chi connectivity index (χ3v) is 7.22. The highest BCUT2D eigenvalue weighted by Crippen LogP contribution is 2.35. The Morgan fingerprint density at radius 3 is 2.24 bits per heavy atom. The van der Waals surface area contributed by atoms with E-state index in [-0.39, 0.29) is 30.6 Å². The maximum Gasteiger partial charge on any atom is 0.249 e. The first kappa shape index (κ1) is 24.5. The van der Waals surface area contributed by atoms with Gasteiger partial charge in [-0.2, -0.15) is 0 Å². The van der Waals surface area contributed by atoms with E-state index in [1.165, 1.54) is 0 Å². The summed E-state index contributed by atoms with van der Waals surface area (Å²) in [5.41, 5.74) is 3.18. The van der Waals surface area contributed by atoms with Gasteiger partial charge in [-0.1, -0.05) is 53.1 Å². The van der Waals surface area contributed by atoms with Crippen LogP contribution in [0.3, 0.4) is 0 Å². The summed E-state index contributed by atoms with van der Waals surface area (Å²) in [5.74, 6) is 0.338. The number of likely N-dealkylation sites (tertiary alicyclic amines) is 1. The van der Waals surface area contributed by atoms with E-state index in [0.29, 0.717) is 36.9 Å². The Labute approximate surface area is 207 Å². The predicted octanol–water partition coefficient (Wildman–Crippen LogP) is 4.89. The van der Waals surface area contributed by atoms with Gasteiger partial charge in [-0.25, -0.2) is 0 Å². The van der Waals surface area contributed by atoms with E-state index < -0.39 is 5.54 Å². The van der Waals surface area contributed by atoms with Crippen LogP contribution in [0.2, 0.25) is 5.02 Å². The third kappa shape index (κ3) is 5.69. The summed E-state index contributed by atoms with van der Waals surface area (Å²) in [7, 11) is 0. The summed E-state index contributed by atoms with van der Waals surface area (Å²) in [6.45, 7) is 6.82. The molecule has 1 aliphatic heterocycles. The van der Waals surface area contributed by atoms with Crippen molar-refractivity contribution in [1.82, 2.24) is 9.80 Å². The molecule has 2 aliphatic rings. The fraction of sp³-hybridized carbons (Fsp3) is 0.464. The molecule has 6 heteroatoms. The molecule has 0 spiro atoms. The van der Waals surface area contributed by atoms with Crippen LogP contribution >= 0.6 is 11.6 Å². The number of benzene rings is 2. The predicted molar refractivity (Wildman–Crippen MR) is 134 cm³/mol. The molecule has 0 N–H and O–H groups in total. The van der Waals surface area contributed by atoms with E-state index in [2.05, 4.69) is 6.07 Å². The van der Waals surface area contributed by atoms with Gasteiger partial charge in [0.15, 0.2) is 5.78 Å². The Bertz CT molecular complexity index is 1070. The minimum Gasteiger partial charge on any atom is -0.329 e. The Morgan fingerprint density at radius 2 is 1.68 bits per heavy atom. The molecule has 0 radical (unpaired) electrons. The third-order valence-electron chi connectivity index (χ3n) is 6.97. The molecule has 1 heterocycles. The number of hydrogen-bond acceptors (Lipinski definition) is 3. The zero-order valence-corrected chi connectivity index (χ0v) is 21.0. The topological polar surface area (TPSA) is 57.7 Å². The Kier molecular flexibility index (Phi) is 7.13. The summed E-state index contributed by atoms with van der Waals surface area (Å²) >= 11 is 6.02. The van der Waals surface area contributed by atoms with Crippen molar-refractivity contribution in [2.45, 2.75) is 65.0 Å². The molecule has 2 aromatic rings. The van der Waals surface area contributed by atoms with Crippen LogP contribution in [0.4, 0.5) is 0 Å². The van der Waals surface area contributed by atoms with Crippen LogP contribution in [-0.4, -0.2) is 46.0 Å². The number of carbonyl (C=O) groups is 3. The molecule has 2 amide bonds. The van der Waals surface area contributed by atoms with Crippen LogP contribution in [0.25, 0.3) is 0 Å². The molecule has 34 heavy (non-hydrogen) atoms. The zero-order valence-electron chi connectivity index (χ0n) is 20.3. The number of nitrogens with zero attached hydrogens (tertiary/aromatic N) is 2. The number of hydrogen-bond donors (Lipinski definition) is 0. The lowest BCUT2D eigenvalue weighted by molar-refractivity contribution is -0.164. The molecule has 180 valence electrons. The van der Waals surface area contributed by atoms with Crippen LogP contribution < -0.4 is 0 Å². The lowest BCUT2D eigenvalue weighted by atomic mass is 9.84. The fourth-order valence-electron chi connectivity index (χ4n) is 4.89. The second-order valence-corrected chi connectivity index (χ2v) is 10.7. The van der Waals surface area contributed by atoms with Gasteiger partial charge in [0.05, 0.1) is 13.0 Å². The molecule has 1 saturated heterocycles. The number of carbonyl (C=O) groups excluding carboxylic acids is 3. The summed E-state index contributed by atoms with van der Waals surface area (Å²) in [6, 6.07) is 13.5. The first-order valence-corrected chi connectivity index (χ1v) is 12.4. The fourth-order valence-corrected chi connectivity index (χ4v) is 5.02. The van der Waals surface area contributed by atoms with Crippen molar-refractivity contribution in [2.75, 3.05) is 13.1 Å². The molecular formula is C28H33ClN2O3. The highest BCUT2D eigenvalue weighted by Gasteiger charge is 2.51. The first-order valence-electron chi connectivity index (χ1n) is 12.1. The number of rotatable bonds is 9. The molecule has 0 bridgehead atoms. The van der Waals surface area contributed by atoms with Gasteiger partial charge in [0.2, 0.25) is 11.8 Å². The molecule has 1 aliphatic carbocycles. The molecule has 1 atom stereocenters. The quantitative estimate of drug-likeness (QED) is 0.513. The molecule has 0 aromatic heterocycles. The Balaban J connectivity index is 1.50. The highest BCUT2D eigenvalue weighted by molar-refractivity contribution is 6.30. The first-order chi connectivity index (χ1) is 16.1. The van der Waals surface area contributed by atoms with E-state index in [0.717, 1.165) is 35.1 Å². The summed E-state index contributed by atoms with van der Waals surface area (Å²) in [6.07, 6.45) is 3.57. The maximum atomic E-state index is 13.8. The van der Waals surface area contributed by atoms with Crippen LogP contribution in [0.1, 0.15) is 54.9 Å². The molecule has 5 nitrogen and oxygen atoms in total. The Morgan fingerprint density at radius 1 is 1.03 bits per heavy atom. The number of amides is 2. The minimum absolute atomic E-state index is 0.0529. The molecule has 1 unspecified atom stereocenters. The largest absolute Gasteiger partial charge is 0.329 e. The van der Waals surface area contributed by atoms with Crippen molar-refractivity contribution in [3.05, 3.63) is 69.7 Å². The van der Waals surface area contributed by atoms with Crippen molar-refractivity contribution in [3.8, 4) is 0 Å². The normalized spacial score (nSPS) is 19.5. The smallest absolute Gasteiger partial charge is 0.249 e. The van der Waals surface area contributed by atoms with Gasteiger partial charge in [0, 0.05) is 24.5 Å². The molecule has 1 saturated carbocycles. The molecule has 4 rings (SSSR count). The van der Waals surface area contributed by atoms with Crippen LogP contribution in [0.5, 0.6) is 0 Å². The minimum atomic E-state index is -0.928. The average molecular weight is 481 g/mol. The highest BCUT2D eigenvalue weighted by atomic mass is 35.5. The van der Waals surface area contributed by atoms with Crippen molar-refractivity contribution in [2.24, 2.45) is 5.92 Å². The summed E-state index contributed by atoms with van der Waals surface area (Å²) in [5, 5.41) is 0.626. The number of aryl methyl sites for hydroxylation is 2. The SMILES string of the molecule is Cc1cc(C)cc(CC(=O)N2CCC2(C)C(=O)N(CC(=O)CC2CC2)Cc2ccc(Cl)cc2)c1. The van der Waals surface area contributed by atoms with Gasteiger partial charge in [-0.3, -0.25) is 14.4 Å². The van der Waals surface area contributed by atoms with Crippen molar-refractivity contribution in [1.29, 1.82) is 0 Å². The second-order valence-electron chi connectivity index (χ2n) is 10.2. The molecule has 2 fully saturated rings. The van der Waals surface area contributed by atoms with Gasteiger partial charge in [0.1, 0.15) is 5.54 Å². The Hall–Kier alpha value is -2.66. The maximum absolute atomic E-state index is 13.8. The van der Waals surface area contributed by atoms with Crippen LogP contribution in [0, 0.1) is 19.8 Å². The van der Waals surface area contributed by atoms with Crippen LogP contribution in [-0.2, 0) is 27.3 Å². The lowest BCUT2D eigenvalue weighted by Crippen LogP contribution is -2.68. The van der Waals surface area contributed by atoms with Gasteiger partial charge in [-0.15, -0.1) is 0 Å². The number of halogens is 1. The van der Waals surface area contributed by atoms with Gasteiger partial charge < -0.3 is 9.80 Å². The van der Waals surface area contributed by atoms with E-state index in [1.807, 2.05) is 45.0 Å². The van der Waals surface area contributed by atoms with Crippen molar-refractivity contribution >= 4 is 29.2 Å².